The highest BCUT2D eigenvalue weighted by molar-refractivity contribution is 7.03. The van der Waals surface area contributed by atoms with E-state index in [2.05, 4.69) is 205 Å². The van der Waals surface area contributed by atoms with Crippen molar-refractivity contribution < 1.29 is 0 Å². The molecule has 280 valence electrons. The van der Waals surface area contributed by atoms with Crippen LogP contribution in [0.15, 0.2) is 188 Å². The van der Waals surface area contributed by atoms with Crippen LogP contribution in [0.5, 0.6) is 0 Å². The van der Waals surface area contributed by atoms with E-state index in [1.54, 1.807) is 0 Å². The van der Waals surface area contributed by atoms with Crippen molar-refractivity contribution in [2.24, 2.45) is 5.92 Å². The number of rotatable bonds is 3. The van der Waals surface area contributed by atoms with Crippen molar-refractivity contribution in [2.75, 3.05) is 0 Å². The summed E-state index contributed by atoms with van der Waals surface area (Å²) in [6.45, 7) is 4.93. The third kappa shape index (κ3) is 4.01. The van der Waals surface area contributed by atoms with Crippen molar-refractivity contribution in [1.29, 1.82) is 0 Å². The van der Waals surface area contributed by atoms with E-state index in [-0.39, 0.29) is 12.1 Å². The van der Waals surface area contributed by atoms with Gasteiger partial charge in [-0.1, -0.05) is 184 Å². The molecule has 3 aliphatic carbocycles. The number of hydrogen-bond donors (Lipinski definition) is 0. The van der Waals surface area contributed by atoms with Crippen LogP contribution in [0.1, 0.15) is 36.2 Å². The summed E-state index contributed by atoms with van der Waals surface area (Å²) in [6, 6.07) is 59.6. The van der Waals surface area contributed by atoms with E-state index in [9.17, 15) is 0 Å². The molecule has 7 aromatic carbocycles. The van der Waals surface area contributed by atoms with Gasteiger partial charge in [-0.2, -0.15) is 0 Å². The van der Waals surface area contributed by atoms with Gasteiger partial charge in [-0.25, -0.2) is 0 Å². The number of fused-ring (bicyclic) bond motifs is 12. The molecule has 1 unspecified atom stereocenters. The van der Waals surface area contributed by atoms with E-state index < -0.39 is 0 Å². The largest absolute Gasteiger partial charge is 0.310 e. The molecule has 0 bridgehead atoms. The summed E-state index contributed by atoms with van der Waals surface area (Å²) >= 11 is 0. The fourth-order valence-electron chi connectivity index (χ4n) is 12.3. The van der Waals surface area contributed by atoms with Gasteiger partial charge in [0.2, 0.25) is 0 Å². The van der Waals surface area contributed by atoms with Crippen LogP contribution in [0, 0.1) is 5.92 Å². The van der Waals surface area contributed by atoms with Crippen molar-refractivity contribution in [3.8, 4) is 56.0 Å². The van der Waals surface area contributed by atoms with Crippen LogP contribution in [0.25, 0.3) is 83.3 Å². The topological polar surface area (TPSA) is 9.86 Å². The highest BCUT2D eigenvalue weighted by Gasteiger charge is 2.49. The predicted molar refractivity (Wildman–Crippen MR) is 251 cm³/mol. The Labute approximate surface area is 350 Å². The van der Waals surface area contributed by atoms with Crippen LogP contribution in [-0.2, 0) is 11.8 Å². The summed E-state index contributed by atoms with van der Waals surface area (Å²) in [6.07, 6.45) is 10.4. The maximum absolute atomic E-state index is 2.71. The Kier molecular flexibility index (Phi) is 6.32. The average Bonchev–Trinajstić information content (AvgIpc) is 3.91. The first kappa shape index (κ1) is 32.8. The predicted octanol–water partition coefficient (Wildman–Crippen LogP) is 12.4. The van der Waals surface area contributed by atoms with Gasteiger partial charge in [-0.3, -0.25) is 0 Å². The Morgan fingerprint density at radius 1 is 0.567 bits per heavy atom. The molecule has 4 heterocycles. The number of benzene rings is 7. The van der Waals surface area contributed by atoms with Crippen LogP contribution in [-0.4, -0.2) is 15.8 Å². The molecule has 0 fully saturated rings. The molecule has 9 aromatic rings. The SMILES string of the molecule is CC1(C)c2ccccc2-c2ccc3c4cccc5c4n(c3c21)-c1cc(-c2ccccc2)cc2c1B5C1=C3C=CC=CC3Cc3c(-c4ccccc4)c(-c4ccccc4)n-2c31. The standard InChI is InChI=1S/C57H39BN2/c1-57(2)45-27-15-14-25-40(45)41-29-30-43-42-26-16-28-46-54(42)60(55(43)50(41)57)48-33-38(34-17-6-3-7-18-34)32-47-52(48)58(46)51-39-24-13-12-23-37(39)31-44-49(35-19-8-4-9-20-35)53(59(47)56(44)51)36-21-10-5-11-22-36/h3-30,32-33,37H,31H2,1-2H3. The van der Waals surface area contributed by atoms with E-state index in [1.807, 2.05) is 0 Å². The molecule has 1 atom stereocenters. The van der Waals surface area contributed by atoms with Crippen LogP contribution in [0.4, 0.5) is 0 Å². The van der Waals surface area contributed by atoms with Crippen molar-refractivity contribution in [3.05, 3.63) is 210 Å². The summed E-state index contributed by atoms with van der Waals surface area (Å²) in [5, 5.41) is 2.67. The first-order valence-electron chi connectivity index (χ1n) is 21.5. The number of nitrogens with zero attached hydrogens (tertiary/aromatic N) is 2. The van der Waals surface area contributed by atoms with Crippen LogP contribution in [0.2, 0.25) is 0 Å². The second-order valence-corrected chi connectivity index (χ2v) is 17.9. The third-order valence-electron chi connectivity index (χ3n) is 14.6. The van der Waals surface area contributed by atoms with Gasteiger partial charge in [0.15, 0.2) is 0 Å². The average molecular weight is 763 g/mol. The van der Waals surface area contributed by atoms with Crippen LogP contribution < -0.4 is 10.9 Å². The zero-order chi connectivity index (χ0) is 39.4. The van der Waals surface area contributed by atoms with Crippen molar-refractivity contribution in [3.63, 3.8) is 0 Å². The van der Waals surface area contributed by atoms with E-state index in [4.69, 9.17) is 0 Å². The van der Waals surface area contributed by atoms with E-state index in [0.29, 0.717) is 5.92 Å². The lowest BCUT2D eigenvalue weighted by Crippen LogP contribution is -2.54. The molecular formula is C57H39BN2. The Bertz CT molecular complexity index is 3460. The monoisotopic (exact) mass is 762 g/mol. The van der Waals surface area contributed by atoms with Crippen molar-refractivity contribution in [1.82, 2.24) is 9.13 Å². The number of allylic oxidation sites excluding steroid dienone is 5. The van der Waals surface area contributed by atoms with E-state index >= 15 is 0 Å². The molecule has 0 saturated carbocycles. The second-order valence-electron chi connectivity index (χ2n) is 17.9. The Balaban J connectivity index is 1.22. The first-order chi connectivity index (χ1) is 29.6. The summed E-state index contributed by atoms with van der Waals surface area (Å²) < 4.78 is 5.42. The molecule has 0 N–H and O–H groups in total. The van der Waals surface area contributed by atoms with Gasteiger partial charge in [0, 0.05) is 50.3 Å². The van der Waals surface area contributed by atoms with Gasteiger partial charge < -0.3 is 9.13 Å². The molecule has 2 aromatic heterocycles. The molecule has 3 heteroatoms. The molecule has 0 radical (unpaired) electrons. The lowest BCUT2D eigenvalue weighted by Gasteiger charge is -2.40. The molecule has 5 aliphatic rings. The quantitative estimate of drug-likeness (QED) is 0.159. The minimum Gasteiger partial charge on any atom is -0.310 e. The van der Waals surface area contributed by atoms with Crippen molar-refractivity contribution in [2.45, 2.75) is 25.7 Å². The smallest absolute Gasteiger partial charge is 0.252 e. The number of hydrogen-bond acceptors (Lipinski definition) is 0. The molecule has 2 aliphatic heterocycles. The van der Waals surface area contributed by atoms with E-state index in [0.717, 1.165) is 6.42 Å². The minimum atomic E-state index is -0.179. The Morgan fingerprint density at radius 3 is 2.03 bits per heavy atom. The molecule has 0 saturated heterocycles. The lowest BCUT2D eigenvalue weighted by atomic mass is 9.31. The minimum absolute atomic E-state index is 0.0564. The lowest BCUT2D eigenvalue weighted by molar-refractivity contribution is 0.664. The Hall–Kier alpha value is -7.10. The second kappa shape index (κ2) is 11.6. The van der Waals surface area contributed by atoms with E-state index in [1.165, 1.54) is 122 Å². The van der Waals surface area contributed by atoms with Gasteiger partial charge in [0.05, 0.1) is 11.2 Å². The normalized spacial score (nSPS) is 16.8. The molecule has 0 spiro atoms. The zero-order valence-electron chi connectivity index (χ0n) is 33.6. The summed E-state index contributed by atoms with van der Waals surface area (Å²) in [7, 11) is 0. The highest BCUT2D eigenvalue weighted by Crippen LogP contribution is 2.56. The third-order valence-corrected chi connectivity index (χ3v) is 14.6. The summed E-state index contributed by atoms with van der Waals surface area (Å²) in [4.78, 5) is 0. The summed E-state index contributed by atoms with van der Waals surface area (Å²) in [5.41, 5.74) is 26.8. The Morgan fingerprint density at radius 2 is 1.25 bits per heavy atom. The number of para-hydroxylation sites is 1. The van der Waals surface area contributed by atoms with Crippen LogP contribution >= 0.6 is 0 Å². The van der Waals surface area contributed by atoms with Gasteiger partial charge in [-0.05, 0) is 90.6 Å². The van der Waals surface area contributed by atoms with Gasteiger partial charge in [0.25, 0.3) is 6.71 Å². The van der Waals surface area contributed by atoms with Crippen LogP contribution in [0.3, 0.4) is 0 Å². The first-order valence-corrected chi connectivity index (χ1v) is 21.5. The maximum Gasteiger partial charge on any atom is 0.252 e. The van der Waals surface area contributed by atoms with Gasteiger partial charge in [0.1, 0.15) is 0 Å². The molecule has 14 rings (SSSR count). The molecule has 2 nitrogen and oxygen atoms in total. The molecule has 60 heavy (non-hydrogen) atoms. The number of aromatic nitrogens is 2. The maximum atomic E-state index is 2.71. The van der Waals surface area contributed by atoms with Gasteiger partial charge in [-0.15, -0.1) is 0 Å². The molecule has 0 amide bonds. The summed E-state index contributed by atoms with van der Waals surface area (Å²) in [5.74, 6) is 0.294. The molecular weight excluding hydrogens is 723 g/mol. The zero-order valence-corrected chi connectivity index (χ0v) is 33.6. The van der Waals surface area contributed by atoms with Gasteiger partial charge >= 0.3 is 0 Å². The van der Waals surface area contributed by atoms with Crippen molar-refractivity contribution >= 4 is 44.9 Å². The highest BCUT2D eigenvalue weighted by atomic mass is 15.1. The fourth-order valence-corrected chi connectivity index (χ4v) is 12.3. The fraction of sp³-hybridized carbons (Fsp3) is 0.0877.